The number of nitrogens with one attached hydrogen (secondary N) is 1. The summed E-state index contributed by atoms with van der Waals surface area (Å²) < 4.78 is 14.5. The van der Waals surface area contributed by atoms with E-state index >= 15 is 0 Å². The number of nitrogens with zero attached hydrogens (tertiary/aromatic N) is 1. The summed E-state index contributed by atoms with van der Waals surface area (Å²) >= 11 is 4.91. The molecule has 0 amide bonds. The van der Waals surface area contributed by atoms with Crippen molar-refractivity contribution in [3.8, 4) is 0 Å². The molecule has 1 aromatic carbocycles. The Morgan fingerprint density at radius 3 is 3.06 bits per heavy atom. The molecule has 2 nitrogen and oxygen atoms in total. The van der Waals surface area contributed by atoms with Crippen molar-refractivity contribution >= 4 is 27.3 Å². The average Bonchev–Trinajstić information content (AvgIpc) is 2.82. The van der Waals surface area contributed by atoms with Gasteiger partial charge in [-0.15, -0.1) is 11.3 Å². The van der Waals surface area contributed by atoms with Crippen LogP contribution in [0.1, 0.15) is 24.2 Å². The number of thiazole rings is 1. The predicted molar refractivity (Wildman–Crippen MR) is 71.5 cm³/mol. The highest BCUT2D eigenvalue weighted by Crippen LogP contribution is 2.21. The van der Waals surface area contributed by atoms with E-state index in [1.165, 1.54) is 6.07 Å². The fourth-order valence-corrected chi connectivity index (χ4v) is 2.48. The van der Waals surface area contributed by atoms with Gasteiger partial charge in [0, 0.05) is 28.0 Å². The lowest BCUT2D eigenvalue weighted by atomic mass is 10.1. The van der Waals surface area contributed by atoms with Crippen LogP contribution in [0, 0.1) is 5.82 Å². The highest BCUT2D eigenvalue weighted by Gasteiger charge is 2.11. The van der Waals surface area contributed by atoms with Gasteiger partial charge < -0.3 is 5.32 Å². The van der Waals surface area contributed by atoms with E-state index in [1.54, 1.807) is 29.0 Å². The van der Waals surface area contributed by atoms with Gasteiger partial charge in [-0.2, -0.15) is 0 Å². The Morgan fingerprint density at radius 2 is 2.35 bits per heavy atom. The Bertz CT molecular complexity index is 487. The molecule has 17 heavy (non-hydrogen) atoms. The number of rotatable bonds is 4. The number of hydrogen-bond acceptors (Lipinski definition) is 3. The van der Waals surface area contributed by atoms with Crippen LogP contribution in [0.15, 0.2) is 33.6 Å². The largest absolute Gasteiger partial charge is 0.304 e. The highest BCUT2D eigenvalue weighted by molar-refractivity contribution is 9.10. The molecule has 0 aliphatic rings. The second-order valence-corrected chi connectivity index (χ2v) is 5.38. The second-order valence-electron chi connectivity index (χ2n) is 3.75. The molecule has 0 bridgehead atoms. The predicted octanol–water partition coefficient (Wildman–Crippen LogP) is 3.90. The molecule has 1 heterocycles. The van der Waals surface area contributed by atoms with Gasteiger partial charge in [-0.05, 0) is 25.1 Å². The first-order valence-corrected chi connectivity index (χ1v) is 6.96. The van der Waals surface area contributed by atoms with Crippen LogP contribution >= 0.6 is 27.3 Å². The topological polar surface area (TPSA) is 24.9 Å². The fourth-order valence-electron chi connectivity index (χ4n) is 1.54. The van der Waals surface area contributed by atoms with Crippen molar-refractivity contribution in [2.45, 2.75) is 19.5 Å². The summed E-state index contributed by atoms with van der Waals surface area (Å²) in [6.07, 6.45) is 0. The smallest absolute Gasteiger partial charge is 0.128 e. The zero-order chi connectivity index (χ0) is 12.3. The normalized spacial score (nSPS) is 12.6. The third kappa shape index (κ3) is 3.34. The molecule has 5 heteroatoms. The van der Waals surface area contributed by atoms with Gasteiger partial charge in [-0.3, -0.25) is 0 Å². The van der Waals surface area contributed by atoms with Crippen LogP contribution in [-0.4, -0.2) is 4.98 Å². The molecule has 2 rings (SSSR count). The minimum atomic E-state index is -0.188. The first-order chi connectivity index (χ1) is 8.16. The zero-order valence-corrected chi connectivity index (χ0v) is 11.7. The third-order valence-corrected chi connectivity index (χ3v) is 3.63. The lowest BCUT2D eigenvalue weighted by Crippen LogP contribution is -2.19. The molecule has 0 aliphatic carbocycles. The molecule has 1 aromatic heterocycles. The van der Waals surface area contributed by atoms with Crippen molar-refractivity contribution in [2.24, 2.45) is 0 Å². The Balaban J connectivity index is 2.04. The number of halogens is 2. The molecular formula is C12H12BrFN2S. The molecule has 0 saturated carbocycles. The van der Waals surface area contributed by atoms with Crippen LogP contribution in [0.4, 0.5) is 4.39 Å². The van der Waals surface area contributed by atoms with Crippen LogP contribution in [0.3, 0.4) is 0 Å². The summed E-state index contributed by atoms with van der Waals surface area (Å²) in [4.78, 5) is 4.17. The molecule has 90 valence electrons. The van der Waals surface area contributed by atoms with Crippen molar-refractivity contribution in [1.82, 2.24) is 10.3 Å². The average molecular weight is 315 g/mol. The van der Waals surface area contributed by atoms with Gasteiger partial charge >= 0.3 is 0 Å². The van der Waals surface area contributed by atoms with E-state index in [0.29, 0.717) is 12.1 Å². The van der Waals surface area contributed by atoms with Gasteiger partial charge in [0.05, 0.1) is 11.2 Å². The zero-order valence-electron chi connectivity index (χ0n) is 9.28. The van der Waals surface area contributed by atoms with E-state index < -0.39 is 0 Å². The maximum atomic E-state index is 13.6. The monoisotopic (exact) mass is 314 g/mol. The highest BCUT2D eigenvalue weighted by atomic mass is 79.9. The molecule has 0 fully saturated rings. The lowest BCUT2D eigenvalue weighted by Gasteiger charge is -2.14. The van der Waals surface area contributed by atoms with E-state index in [4.69, 9.17) is 0 Å². The molecule has 0 aliphatic heterocycles. The van der Waals surface area contributed by atoms with Crippen molar-refractivity contribution in [1.29, 1.82) is 0 Å². The Kier molecular flexibility index (Phi) is 4.25. The maximum absolute atomic E-state index is 13.6. The number of benzene rings is 1. The van der Waals surface area contributed by atoms with Crippen LogP contribution < -0.4 is 5.32 Å². The summed E-state index contributed by atoms with van der Waals surface area (Å²) in [6.45, 7) is 2.59. The molecule has 0 saturated heterocycles. The Morgan fingerprint density at radius 1 is 1.53 bits per heavy atom. The molecule has 1 unspecified atom stereocenters. The van der Waals surface area contributed by atoms with Crippen LogP contribution in [0.5, 0.6) is 0 Å². The minimum Gasteiger partial charge on any atom is -0.304 e. The van der Waals surface area contributed by atoms with Crippen LogP contribution in [0.25, 0.3) is 0 Å². The quantitative estimate of drug-likeness (QED) is 0.926. The number of aromatic nitrogens is 1. The first kappa shape index (κ1) is 12.7. The summed E-state index contributed by atoms with van der Waals surface area (Å²) in [5.41, 5.74) is 3.44. The van der Waals surface area contributed by atoms with E-state index in [-0.39, 0.29) is 11.9 Å². The molecule has 1 N–H and O–H groups in total. The fraction of sp³-hybridized carbons (Fsp3) is 0.250. The number of hydrogen-bond donors (Lipinski definition) is 1. The molecule has 0 spiro atoms. The summed E-state index contributed by atoms with van der Waals surface area (Å²) in [7, 11) is 0. The standard InChI is InChI=1S/C12H12BrFN2S/c1-8(15-5-10-6-17-7-16-10)11-4-9(13)2-3-12(11)14/h2-4,6-8,15H,5H2,1H3. The lowest BCUT2D eigenvalue weighted by molar-refractivity contribution is 0.525. The van der Waals surface area contributed by atoms with Crippen molar-refractivity contribution in [3.63, 3.8) is 0 Å². The van der Waals surface area contributed by atoms with E-state index in [0.717, 1.165) is 10.2 Å². The first-order valence-electron chi connectivity index (χ1n) is 5.22. The molecule has 0 radical (unpaired) electrons. The molecule has 2 aromatic rings. The van der Waals surface area contributed by atoms with E-state index in [1.807, 2.05) is 12.3 Å². The van der Waals surface area contributed by atoms with E-state index in [9.17, 15) is 4.39 Å². The van der Waals surface area contributed by atoms with Crippen LogP contribution in [-0.2, 0) is 6.54 Å². The van der Waals surface area contributed by atoms with Crippen LogP contribution in [0.2, 0.25) is 0 Å². The van der Waals surface area contributed by atoms with Gasteiger partial charge in [0.25, 0.3) is 0 Å². The molecular weight excluding hydrogens is 303 g/mol. The van der Waals surface area contributed by atoms with Gasteiger partial charge in [-0.25, -0.2) is 9.37 Å². The molecule has 1 atom stereocenters. The van der Waals surface area contributed by atoms with Gasteiger partial charge in [0.2, 0.25) is 0 Å². The third-order valence-electron chi connectivity index (χ3n) is 2.50. The van der Waals surface area contributed by atoms with Gasteiger partial charge in [0.1, 0.15) is 5.82 Å². The van der Waals surface area contributed by atoms with Crippen molar-refractivity contribution < 1.29 is 4.39 Å². The summed E-state index contributed by atoms with van der Waals surface area (Å²) in [6, 6.07) is 4.93. The van der Waals surface area contributed by atoms with Gasteiger partial charge in [0.15, 0.2) is 0 Å². The van der Waals surface area contributed by atoms with E-state index in [2.05, 4.69) is 26.2 Å². The van der Waals surface area contributed by atoms with Crippen molar-refractivity contribution in [3.05, 3.63) is 50.6 Å². The minimum absolute atomic E-state index is 0.0470. The van der Waals surface area contributed by atoms with Gasteiger partial charge in [-0.1, -0.05) is 15.9 Å². The Hall–Kier alpha value is -0.780. The maximum Gasteiger partial charge on any atom is 0.128 e. The summed E-state index contributed by atoms with van der Waals surface area (Å²) in [5.74, 6) is -0.188. The second kappa shape index (κ2) is 5.71. The SMILES string of the molecule is CC(NCc1cscn1)c1cc(Br)ccc1F. The summed E-state index contributed by atoms with van der Waals surface area (Å²) in [5, 5.41) is 5.24. The Labute approximate surface area is 112 Å². The van der Waals surface area contributed by atoms with Crippen molar-refractivity contribution in [2.75, 3.05) is 0 Å².